The lowest BCUT2D eigenvalue weighted by atomic mass is 10.1. The SMILES string of the molecule is C=C1NC(=O)C=CN1C1OC(CO)C(O)C1N. The van der Waals surface area contributed by atoms with Gasteiger partial charge >= 0.3 is 0 Å². The predicted octanol–water partition coefficient (Wildman–Crippen LogP) is -2.19. The van der Waals surface area contributed by atoms with Crippen molar-refractivity contribution in [1.29, 1.82) is 0 Å². The van der Waals surface area contributed by atoms with Gasteiger partial charge in [0.1, 0.15) is 18.0 Å². The monoisotopic (exact) mass is 241 g/mol. The lowest BCUT2D eigenvalue weighted by molar-refractivity contribution is -0.117. The van der Waals surface area contributed by atoms with Crippen LogP contribution in [0.25, 0.3) is 0 Å². The van der Waals surface area contributed by atoms with Crippen LogP contribution < -0.4 is 11.1 Å². The summed E-state index contributed by atoms with van der Waals surface area (Å²) in [5.74, 6) is 0.0424. The fraction of sp³-hybridized carbons (Fsp3) is 0.500. The summed E-state index contributed by atoms with van der Waals surface area (Å²) in [7, 11) is 0. The molecule has 2 aliphatic heterocycles. The van der Waals surface area contributed by atoms with Gasteiger partial charge in [0.15, 0.2) is 6.23 Å². The number of nitrogens with two attached hydrogens (primary N) is 1. The lowest BCUT2D eigenvalue weighted by Crippen LogP contribution is -2.50. The number of carbonyl (C=O) groups is 1. The number of nitrogens with one attached hydrogen (secondary N) is 1. The Bertz CT molecular complexity index is 371. The van der Waals surface area contributed by atoms with E-state index < -0.39 is 24.5 Å². The Morgan fingerprint density at radius 2 is 2.35 bits per heavy atom. The van der Waals surface area contributed by atoms with Crippen molar-refractivity contribution in [1.82, 2.24) is 10.2 Å². The summed E-state index contributed by atoms with van der Waals surface area (Å²) < 4.78 is 5.42. The third-order valence-electron chi connectivity index (χ3n) is 2.84. The highest BCUT2D eigenvalue weighted by Gasteiger charge is 2.44. The van der Waals surface area contributed by atoms with Crippen LogP contribution in [0.2, 0.25) is 0 Å². The van der Waals surface area contributed by atoms with Crippen LogP contribution in [0.5, 0.6) is 0 Å². The molecule has 4 unspecified atom stereocenters. The Hall–Kier alpha value is -1.41. The molecule has 0 bridgehead atoms. The summed E-state index contributed by atoms with van der Waals surface area (Å²) in [5, 5.41) is 21.2. The number of aliphatic hydroxyl groups is 2. The van der Waals surface area contributed by atoms with E-state index in [0.29, 0.717) is 5.82 Å². The van der Waals surface area contributed by atoms with E-state index in [4.69, 9.17) is 15.6 Å². The van der Waals surface area contributed by atoms with Gasteiger partial charge in [-0.15, -0.1) is 0 Å². The normalized spacial score (nSPS) is 37.5. The van der Waals surface area contributed by atoms with Gasteiger partial charge in [-0.05, 0) is 0 Å². The van der Waals surface area contributed by atoms with Crippen molar-refractivity contribution in [3.8, 4) is 0 Å². The van der Waals surface area contributed by atoms with Gasteiger partial charge in [-0.25, -0.2) is 0 Å². The average Bonchev–Trinajstić information content (AvgIpc) is 2.57. The number of nitrogens with zero attached hydrogens (tertiary/aromatic N) is 1. The Balaban J connectivity index is 2.16. The largest absolute Gasteiger partial charge is 0.394 e. The predicted molar refractivity (Wildman–Crippen MR) is 58.0 cm³/mol. The van der Waals surface area contributed by atoms with Crippen molar-refractivity contribution >= 4 is 5.91 Å². The van der Waals surface area contributed by atoms with E-state index in [-0.39, 0.29) is 12.5 Å². The quantitative estimate of drug-likeness (QED) is 0.437. The molecule has 17 heavy (non-hydrogen) atoms. The Labute approximate surface area is 98.1 Å². The molecule has 94 valence electrons. The van der Waals surface area contributed by atoms with Crippen molar-refractivity contribution < 1.29 is 19.7 Å². The van der Waals surface area contributed by atoms with Crippen LogP contribution in [0, 0.1) is 0 Å². The molecule has 4 atom stereocenters. The summed E-state index contributed by atoms with van der Waals surface area (Å²) in [6.07, 6.45) is 0.450. The highest BCUT2D eigenvalue weighted by molar-refractivity contribution is 5.89. The van der Waals surface area contributed by atoms with Gasteiger partial charge in [-0.2, -0.15) is 0 Å². The molecule has 5 N–H and O–H groups in total. The zero-order chi connectivity index (χ0) is 12.6. The highest BCUT2D eigenvalue weighted by atomic mass is 16.5. The fourth-order valence-corrected chi connectivity index (χ4v) is 1.89. The van der Waals surface area contributed by atoms with Gasteiger partial charge < -0.3 is 30.9 Å². The van der Waals surface area contributed by atoms with Gasteiger partial charge in [0.2, 0.25) is 0 Å². The Morgan fingerprint density at radius 1 is 1.65 bits per heavy atom. The third kappa shape index (κ3) is 2.05. The van der Waals surface area contributed by atoms with E-state index in [1.54, 1.807) is 0 Å². The molecule has 1 amide bonds. The highest BCUT2D eigenvalue weighted by Crippen LogP contribution is 2.25. The van der Waals surface area contributed by atoms with E-state index in [1.165, 1.54) is 17.2 Å². The molecule has 1 fully saturated rings. The van der Waals surface area contributed by atoms with Crippen LogP contribution in [0.15, 0.2) is 24.7 Å². The van der Waals surface area contributed by atoms with Crippen molar-refractivity contribution in [2.75, 3.05) is 6.61 Å². The molecule has 0 spiro atoms. The molecule has 2 heterocycles. The minimum atomic E-state index is -0.955. The topological polar surface area (TPSA) is 108 Å². The van der Waals surface area contributed by atoms with E-state index in [0.717, 1.165) is 0 Å². The van der Waals surface area contributed by atoms with Crippen molar-refractivity contribution in [2.24, 2.45) is 5.73 Å². The Morgan fingerprint density at radius 3 is 2.88 bits per heavy atom. The van der Waals surface area contributed by atoms with Gasteiger partial charge in [0.25, 0.3) is 5.91 Å². The van der Waals surface area contributed by atoms with Gasteiger partial charge in [0.05, 0.1) is 12.6 Å². The van der Waals surface area contributed by atoms with Gasteiger partial charge in [-0.1, -0.05) is 6.58 Å². The standard InChI is InChI=1S/C10H15N3O4/c1-5-12-7(15)2-3-13(5)10-8(11)9(16)6(4-14)17-10/h2-3,6,8-10,14,16H,1,4,11H2,(H,12,15). The van der Waals surface area contributed by atoms with Crippen LogP contribution in [-0.4, -0.2) is 52.1 Å². The third-order valence-corrected chi connectivity index (χ3v) is 2.84. The first-order chi connectivity index (χ1) is 8.04. The van der Waals surface area contributed by atoms with E-state index in [9.17, 15) is 9.90 Å². The summed E-state index contributed by atoms with van der Waals surface area (Å²) in [6, 6.07) is -0.691. The van der Waals surface area contributed by atoms with E-state index in [1.807, 2.05) is 0 Å². The average molecular weight is 241 g/mol. The maximum absolute atomic E-state index is 11.1. The number of ether oxygens (including phenoxy) is 1. The molecular formula is C10H15N3O4. The second-order valence-corrected chi connectivity index (χ2v) is 3.97. The summed E-state index contributed by atoms with van der Waals surface area (Å²) in [6.45, 7) is 3.35. The Kier molecular flexibility index (Phi) is 3.16. The molecule has 0 aromatic carbocycles. The van der Waals surface area contributed by atoms with Crippen LogP contribution in [-0.2, 0) is 9.53 Å². The van der Waals surface area contributed by atoms with Crippen LogP contribution in [0.1, 0.15) is 0 Å². The second-order valence-electron chi connectivity index (χ2n) is 3.97. The number of aliphatic hydroxyl groups excluding tert-OH is 2. The molecule has 0 radical (unpaired) electrons. The molecule has 0 saturated carbocycles. The zero-order valence-corrected chi connectivity index (χ0v) is 9.11. The molecule has 1 saturated heterocycles. The molecule has 0 aromatic heterocycles. The minimum Gasteiger partial charge on any atom is -0.394 e. The molecule has 0 aliphatic carbocycles. The molecule has 7 heteroatoms. The first kappa shape index (κ1) is 12.1. The van der Waals surface area contributed by atoms with Crippen LogP contribution in [0.4, 0.5) is 0 Å². The first-order valence-electron chi connectivity index (χ1n) is 5.21. The lowest BCUT2D eigenvalue weighted by Gasteiger charge is -2.32. The van der Waals surface area contributed by atoms with Crippen molar-refractivity contribution in [3.05, 3.63) is 24.7 Å². The summed E-state index contributed by atoms with van der Waals surface area (Å²) in [4.78, 5) is 12.6. The van der Waals surface area contributed by atoms with Crippen molar-refractivity contribution in [2.45, 2.75) is 24.5 Å². The number of hydrogen-bond acceptors (Lipinski definition) is 6. The maximum Gasteiger partial charge on any atom is 0.250 e. The first-order valence-corrected chi connectivity index (χ1v) is 5.21. The zero-order valence-electron chi connectivity index (χ0n) is 9.11. The van der Waals surface area contributed by atoms with E-state index in [2.05, 4.69) is 11.9 Å². The number of rotatable bonds is 2. The fourth-order valence-electron chi connectivity index (χ4n) is 1.89. The number of hydrogen-bond donors (Lipinski definition) is 4. The van der Waals surface area contributed by atoms with Crippen LogP contribution >= 0.6 is 0 Å². The molecule has 2 aliphatic rings. The molecule has 0 aromatic rings. The minimum absolute atomic E-state index is 0.280. The van der Waals surface area contributed by atoms with Crippen LogP contribution in [0.3, 0.4) is 0 Å². The smallest absolute Gasteiger partial charge is 0.250 e. The summed E-state index contributed by atoms with van der Waals surface area (Å²) in [5.41, 5.74) is 5.80. The van der Waals surface area contributed by atoms with Gasteiger partial charge in [-0.3, -0.25) is 4.79 Å². The molecule has 7 nitrogen and oxygen atoms in total. The number of amides is 1. The second kappa shape index (κ2) is 4.46. The number of carbonyl (C=O) groups excluding carboxylic acids is 1. The molecular weight excluding hydrogens is 226 g/mol. The van der Waals surface area contributed by atoms with E-state index >= 15 is 0 Å². The summed E-state index contributed by atoms with van der Waals surface area (Å²) >= 11 is 0. The van der Waals surface area contributed by atoms with Gasteiger partial charge in [0, 0.05) is 12.3 Å². The van der Waals surface area contributed by atoms with Crippen molar-refractivity contribution in [3.63, 3.8) is 0 Å². The maximum atomic E-state index is 11.1. The molecule has 2 rings (SSSR count).